The molecule has 1 aliphatic rings. The van der Waals surface area contributed by atoms with E-state index in [1.807, 2.05) is 32.0 Å². The van der Waals surface area contributed by atoms with Crippen LogP contribution >= 0.6 is 0 Å². The molecule has 0 unspecified atom stereocenters. The summed E-state index contributed by atoms with van der Waals surface area (Å²) >= 11 is 0. The Bertz CT molecular complexity index is 921. The van der Waals surface area contributed by atoms with E-state index in [9.17, 15) is 13.2 Å². The highest BCUT2D eigenvalue weighted by Crippen LogP contribution is 2.28. The molecular weight excluding hydrogens is 362 g/mol. The van der Waals surface area contributed by atoms with E-state index in [2.05, 4.69) is 4.98 Å². The molecule has 144 valence electrons. The van der Waals surface area contributed by atoms with Crippen LogP contribution in [-0.4, -0.2) is 43.8 Å². The Morgan fingerprint density at radius 3 is 2.48 bits per heavy atom. The Morgan fingerprint density at radius 2 is 1.85 bits per heavy atom. The van der Waals surface area contributed by atoms with E-state index in [1.165, 1.54) is 10.5 Å². The quantitative estimate of drug-likeness (QED) is 0.809. The van der Waals surface area contributed by atoms with E-state index in [4.69, 9.17) is 0 Å². The molecule has 1 aliphatic heterocycles. The van der Waals surface area contributed by atoms with Gasteiger partial charge in [0.2, 0.25) is 15.9 Å². The molecule has 1 amide bonds. The summed E-state index contributed by atoms with van der Waals surface area (Å²) in [4.78, 5) is 18.7. The van der Waals surface area contributed by atoms with Gasteiger partial charge in [-0.1, -0.05) is 12.1 Å². The fourth-order valence-corrected chi connectivity index (χ4v) is 4.92. The number of benzene rings is 1. The molecule has 1 aromatic carbocycles. The maximum absolute atomic E-state index is 12.9. The number of rotatable bonds is 4. The second kappa shape index (κ2) is 7.78. The van der Waals surface area contributed by atoms with Crippen molar-refractivity contribution in [1.82, 2.24) is 9.29 Å². The van der Waals surface area contributed by atoms with Crippen LogP contribution in [0, 0.1) is 19.8 Å². The summed E-state index contributed by atoms with van der Waals surface area (Å²) in [6, 6.07) is 9.09. The first-order valence-electron chi connectivity index (χ1n) is 9.06. The molecular formula is C20H25N3O3S. The fraction of sp³-hybridized carbons (Fsp3) is 0.400. The van der Waals surface area contributed by atoms with Crippen LogP contribution in [0.2, 0.25) is 0 Å². The zero-order chi connectivity index (χ0) is 19.6. The van der Waals surface area contributed by atoms with Gasteiger partial charge in [0.25, 0.3) is 0 Å². The zero-order valence-electron chi connectivity index (χ0n) is 15.9. The third-order valence-electron chi connectivity index (χ3n) is 5.34. The summed E-state index contributed by atoms with van der Waals surface area (Å²) < 4.78 is 26.8. The number of hydrogen-bond acceptors (Lipinski definition) is 4. The minimum absolute atomic E-state index is 0.0436. The number of carbonyl (C=O) groups is 1. The van der Waals surface area contributed by atoms with Gasteiger partial charge in [-0.25, -0.2) is 8.42 Å². The highest BCUT2D eigenvalue weighted by Gasteiger charge is 2.33. The van der Waals surface area contributed by atoms with Crippen molar-refractivity contribution in [1.29, 1.82) is 0 Å². The summed E-state index contributed by atoms with van der Waals surface area (Å²) in [7, 11) is -1.76. The maximum atomic E-state index is 12.9. The second-order valence-electron chi connectivity index (χ2n) is 6.98. The molecule has 1 aromatic heterocycles. The minimum Gasteiger partial charge on any atom is -0.315 e. The predicted molar refractivity (Wildman–Crippen MR) is 105 cm³/mol. The maximum Gasteiger partial charge on any atom is 0.244 e. The summed E-state index contributed by atoms with van der Waals surface area (Å²) in [6.07, 6.45) is 3.95. The Hall–Kier alpha value is -2.25. The van der Waals surface area contributed by atoms with Crippen molar-refractivity contribution >= 4 is 21.6 Å². The lowest BCUT2D eigenvalue weighted by molar-refractivity contribution is -0.123. The molecule has 0 atom stereocenters. The van der Waals surface area contributed by atoms with Crippen LogP contribution in [0.15, 0.2) is 47.6 Å². The van der Waals surface area contributed by atoms with Gasteiger partial charge in [0, 0.05) is 44.1 Å². The molecule has 2 heterocycles. The number of piperidine rings is 1. The summed E-state index contributed by atoms with van der Waals surface area (Å²) in [5.74, 6) is -0.127. The molecule has 0 radical (unpaired) electrons. The Kier molecular flexibility index (Phi) is 5.62. The third kappa shape index (κ3) is 3.89. The van der Waals surface area contributed by atoms with Crippen LogP contribution in [-0.2, 0) is 14.8 Å². The predicted octanol–water partition coefficient (Wildman–Crippen LogP) is 2.76. The number of amides is 1. The number of aryl methyl sites for hydroxylation is 1. The van der Waals surface area contributed by atoms with Gasteiger partial charge >= 0.3 is 0 Å². The molecule has 7 heteroatoms. The molecule has 0 spiro atoms. The first-order valence-corrected chi connectivity index (χ1v) is 10.5. The number of nitrogens with zero attached hydrogens (tertiary/aromatic N) is 3. The highest BCUT2D eigenvalue weighted by molar-refractivity contribution is 7.89. The molecule has 0 aliphatic carbocycles. The van der Waals surface area contributed by atoms with Crippen LogP contribution in [0.1, 0.15) is 24.0 Å². The Labute approximate surface area is 160 Å². The van der Waals surface area contributed by atoms with E-state index < -0.39 is 10.0 Å². The SMILES string of the molecule is Cc1cccc(N(C)C(=O)C2CCN(S(=O)(=O)c3cccnc3)CC2)c1C. The molecule has 27 heavy (non-hydrogen) atoms. The van der Waals surface area contributed by atoms with Crippen LogP contribution < -0.4 is 4.90 Å². The van der Waals surface area contributed by atoms with Gasteiger partial charge in [-0.05, 0) is 56.0 Å². The number of carbonyl (C=O) groups excluding carboxylic acids is 1. The van der Waals surface area contributed by atoms with Crippen LogP contribution in [0.25, 0.3) is 0 Å². The first-order chi connectivity index (χ1) is 12.8. The van der Waals surface area contributed by atoms with Gasteiger partial charge in [-0.3, -0.25) is 9.78 Å². The number of pyridine rings is 1. The van der Waals surface area contributed by atoms with Crippen LogP contribution in [0.3, 0.4) is 0 Å². The molecule has 1 saturated heterocycles. The number of hydrogen-bond donors (Lipinski definition) is 0. The lowest BCUT2D eigenvalue weighted by Gasteiger charge is -2.33. The van der Waals surface area contributed by atoms with Crippen molar-refractivity contribution in [2.45, 2.75) is 31.6 Å². The standard InChI is InChI=1S/C20H25N3O3S/c1-15-6-4-8-19(16(15)2)22(3)20(24)17-9-12-23(13-10-17)27(25,26)18-7-5-11-21-14-18/h4-8,11,14,17H,9-10,12-13H2,1-3H3. The number of aromatic nitrogens is 1. The topological polar surface area (TPSA) is 70.6 Å². The average Bonchev–Trinajstić information content (AvgIpc) is 2.70. The lowest BCUT2D eigenvalue weighted by atomic mass is 9.96. The summed E-state index contributed by atoms with van der Waals surface area (Å²) in [6.45, 7) is 4.72. The summed E-state index contributed by atoms with van der Waals surface area (Å²) in [5.41, 5.74) is 3.14. The third-order valence-corrected chi connectivity index (χ3v) is 7.23. The van der Waals surface area contributed by atoms with Gasteiger partial charge < -0.3 is 4.90 Å². The largest absolute Gasteiger partial charge is 0.315 e. The van der Waals surface area contributed by atoms with Crippen molar-refractivity contribution in [3.05, 3.63) is 53.9 Å². The zero-order valence-corrected chi connectivity index (χ0v) is 16.7. The fourth-order valence-electron chi connectivity index (χ4n) is 3.48. The molecule has 2 aromatic rings. The molecule has 0 N–H and O–H groups in total. The molecule has 0 saturated carbocycles. The number of anilines is 1. The minimum atomic E-state index is -3.55. The monoisotopic (exact) mass is 387 g/mol. The van der Waals surface area contributed by atoms with Gasteiger partial charge in [0.05, 0.1) is 0 Å². The van der Waals surface area contributed by atoms with Crippen molar-refractivity contribution in [3.63, 3.8) is 0 Å². The van der Waals surface area contributed by atoms with Crippen molar-refractivity contribution in [2.75, 3.05) is 25.0 Å². The average molecular weight is 388 g/mol. The normalized spacial score (nSPS) is 16.3. The van der Waals surface area contributed by atoms with Gasteiger partial charge in [-0.15, -0.1) is 0 Å². The first kappa shape index (κ1) is 19.5. The summed E-state index contributed by atoms with van der Waals surface area (Å²) in [5, 5.41) is 0. The number of sulfonamides is 1. The second-order valence-corrected chi connectivity index (χ2v) is 8.92. The van der Waals surface area contributed by atoms with Crippen molar-refractivity contribution < 1.29 is 13.2 Å². The van der Waals surface area contributed by atoms with Crippen molar-refractivity contribution in [2.24, 2.45) is 5.92 Å². The Balaban J connectivity index is 1.68. The lowest BCUT2D eigenvalue weighted by Crippen LogP contribution is -2.43. The highest BCUT2D eigenvalue weighted by atomic mass is 32.2. The van der Waals surface area contributed by atoms with Crippen molar-refractivity contribution in [3.8, 4) is 0 Å². The van der Waals surface area contributed by atoms with Gasteiger partial charge in [-0.2, -0.15) is 4.31 Å². The van der Waals surface area contributed by atoms with E-state index in [0.717, 1.165) is 16.8 Å². The van der Waals surface area contributed by atoms with Crippen LogP contribution in [0.4, 0.5) is 5.69 Å². The van der Waals surface area contributed by atoms with Crippen LogP contribution in [0.5, 0.6) is 0 Å². The van der Waals surface area contributed by atoms with E-state index in [1.54, 1.807) is 30.3 Å². The van der Waals surface area contributed by atoms with Gasteiger partial charge in [0.15, 0.2) is 0 Å². The van der Waals surface area contributed by atoms with E-state index >= 15 is 0 Å². The van der Waals surface area contributed by atoms with Gasteiger partial charge in [0.1, 0.15) is 4.90 Å². The molecule has 3 rings (SSSR count). The molecule has 6 nitrogen and oxygen atoms in total. The molecule has 1 fully saturated rings. The smallest absolute Gasteiger partial charge is 0.244 e. The molecule has 0 bridgehead atoms. The van der Waals surface area contributed by atoms with E-state index in [-0.39, 0.29) is 16.7 Å². The Morgan fingerprint density at radius 1 is 1.15 bits per heavy atom. The van der Waals surface area contributed by atoms with E-state index in [0.29, 0.717) is 25.9 Å².